The van der Waals surface area contributed by atoms with E-state index in [1.54, 1.807) is 4.90 Å². The van der Waals surface area contributed by atoms with Crippen molar-refractivity contribution < 1.29 is 9.32 Å². The molecule has 0 aliphatic heterocycles. The molecule has 154 valence electrons. The normalized spacial score (nSPS) is 11.2. The fourth-order valence-corrected chi connectivity index (χ4v) is 4.38. The van der Waals surface area contributed by atoms with E-state index in [2.05, 4.69) is 15.1 Å². The number of nitrogens with zero attached hydrogens (tertiary/aromatic N) is 5. The molecule has 0 fully saturated rings. The number of likely N-dealkylation sites (N-methyl/N-ethyl adjacent to an activating group) is 1. The molecule has 4 rings (SSSR count). The Hall–Kier alpha value is -3.33. The molecule has 3 aromatic heterocycles. The number of aromatic nitrogens is 4. The molecule has 0 atom stereocenters. The largest absolute Gasteiger partial charge is 0.342 e. The summed E-state index contributed by atoms with van der Waals surface area (Å²) in [5, 5.41) is 4.53. The Kier molecular flexibility index (Phi) is 5.45. The minimum absolute atomic E-state index is 0.0349. The van der Waals surface area contributed by atoms with Gasteiger partial charge in [-0.1, -0.05) is 35.5 Å². The molecule has 0 saturated heterocycles. The molecule has 0 aliphatic rings. The van der Waals surface area contributed by atoms with Crippen molar-refractivity contribution in [3.8, 4) is 22.2 Å². The Labute approximate surface area is 176 Å². The first-order valence-electron chi connectivity index (χ1n) is 9.69. The lowest BCUT2D eigenvalue weighted by atomic mass is 10.2. The van der Waals surface area contributed by atoms with E-state index >= 15 is 0 Å². The van der Waals surface area contributed by atoms with Gasteiger partial charge in [-0.15, -0.1) is 11.3 Å². The maximum absolute atomic E-state index is 13.0. The number of rotatable bonds is 6. The van der Waals surface area contributed by atoms with Gasteiger partial charge in [0.1, 0.15) is 11.4 Å². The van der Waals surface area contributed by atoms with Crippen LogP contribution in [0, 0.1) is 6.92 Å². The van der Waals surface area contributed by atoms with Crippen LogP contribution in [0.3, 0.4) is 0 Å². The third-order valence-corrected chi connectivity index (χ3v) is 6.18. The van der Waals surface area contributed by atoms with Crippen molar-refractivity contribution in [1.29, 1.82) is 0 Å². The number of hydrogen-bond donors (Lipinski definition) is 0. The summed E-state index contributed by atoms with van der Waals surface area (Å²) in [7, 11) is 0. The number of fused-ring (bicyclic) bond motifs is 1. The van der Waals surface area contributed by atoms with Crippen LogP contribution < -0.4 is 5.56 Å². The lowest BCUT2D eigenvalue weighted by molar-refractivity contribution is -0.131. The van der Waals surface area contributed by atoms with Crippen LogP contribution in [0.2, 0.25) is 0 Å². The maximum Gasteiger partial charge on any atom is 0.268 e. The topological polar surface area (TPSA) is 94.1 Å². The van der Waals surface area contributed by atoms with Gasteiger partial charge in [-0.05, 0) is 26.3 Å². The zero-order valence-electron chi connectivity index (χ0n) is 17.0. The Bertz CT molecular complexity index is 1250. The summed E-state index contributed by atoms with van der Waals surface area (Å²) in [6.07, 6.45) is 1.43. The summed E-state index contributed by atoms with van der Waals surface area (Å²) in [6, 6.07) is 9.53. The van der Waals surface area contributed by atoms with Crippen molar-refractivity contribution in [2.75, 3.05) is 13.1 Å². The zero-order valence-corrected chi connectivity index (χ0v) is 17.8. The number of hydrogen-bond acceptors (Lipinski definition) is 7. The van der Waals surface area contributed by atoms with E-state index in [1.165, 1.54) is 22.2 Å². The van der Waals surface area contributed by atoms with Gasteiger partial charge < -0.3 is 9.42 Å². The molecule has 3 heterocycles. The van der Waals surface area contributed by atoms with Crippen molar-refractivity contribution >= 4 is 27.5 Å². The molecule has 0 bridgehead atoms. The van der Waals surface area contributed by atoms with Crippen LogP contribution in [0.5, 0.6) is 0 Å². The van der Waals surface area contributed by atoms with Crippen LogP contribution in [0.1, 0.15) is 19.4 Å². The summed E-state index contributed by atoms with van der Waals surface area (Å²) in [4.78, 5) is 37.3. The summed E-state index contributed by atoms with van der Waals surface area (Å²) < 4.78 is 6.82. The van der Waals surface area contributed by atoms with Gasteiger partial charge in [-0.25, -0.2) is 4.98 Å². The molecule has 8 nitrogen and oxygen atoms in total. The molecule has 0 saturated carbocycles. The van der Waals surface area contributed by atoms with Crippen LogP contribution in [-0.2, 0) is 11.3 Å². The standard InChI is InChI=1S/C21H21N5O3S/c1-4-25(5-2)15(27)11-26-12-22-20-16(21(26)28)13(3)17(30-20)19-23-18(24-29-19)14-9-7-6-8-10-14/h6-10,12H,4-5,11H2,1-3H3. The smallest absolute Gasteiger partial charge is 0.268 e. The molecule has 0 radical (unpaired) electrons. The van der Waals surface area contributed by atoms with Gasteiger partial charge in [-0.2, -0.15) is 4.98 Å². The Morgan fingerprint density at radius 1 is 1.20 bits per heavy atom. The van der Waals surface area contributed by atoms with E-state index in [0.29, 0.717) is 39.9 Å². The number of aryl methyl sites for hydroxylation is 1. The predicted octanol–water partition coefficient (Wildman–Crippen LogP) is 3.35. The van der Waals surface area contributed by atoms with E-state index in [-0.39, 0.29) is 18.0 Å². The minimum atomic E-state index is -0.247. The SMILES string of the molecule is CCN(CC)C(=O)Cn1cnc2sc(-c3nc(-c4ccccc4)no3)c(C)c2c1=O. The van der Waals surface area contributed by atoms with Crippen LogP contribution in [0.15, 0.2) is 46.0 Å². The molecule has 1 aromatic carbocycles. The lowest BCUT2D eigenvalue weighted by Crippen LogP contribution is -2.36. The van der Waals surface area contributed by atoms with Gasteiger partial charge >= 0.3 is 0 Å². The van der Waals surface area contributed by atoms with Gasteiger partial charge in [0.15, 0.2) is 0 Å². The highest BCUT2D eigenvalue weighted by atomic mass is 32.1. The molecule has 0 unspecified atom stereocenters. The molecule has 30 heavy (non-hydrogen) atoms. The number of thiophene rings is 1. The first-order chi connectivity index (χ1) is 14.5. The molecule has 1 amide bonds. The number of amides is 1. The average Bonchev–Trinajstić information content (AvgIpc) is 3.37. The molecular formula is C21H21N5O3S. The molecule has 0 N–H and O–H groups in total. The second-order valence-corrected chi connectivity index (χ2v) is 7.77. The quantitative estimate of drug-likeness (QED) is 0.472. The maximum atomic E-state index is 13.0. The fraction of sp³-hybridized carbons (Fsp3) is 0.286. The van der Waals surface area contributed by atoms with Gasteiger partial charge in [0.25, 0.3) is 11.4 Å². The van der Waals surface area contributed by atoms with Crippen molar-refractivity contribution in [3.05, 3.63) is 52.6 Å². The molecule has 0 spiro atoms. The number of carbonyl (C=O) groups excluding carboxylic acids is 1. The van der Waals surface area contributed by atoms with E-state index in [4.69, 9.17) is 4.52 Å². The highest BCUT2D eigenvalue weighted by molar-refractivity contribution is 7.22. The van der Waals surface area contributed by atoms with E-state index < -0.39 is 0 Å². The third kappa shape index (κ3) is 3.52. The van der Waals surface area contributed by atoms with Crippen molar-refractivity contribution in [2.45, 2.75) is 27.3 Å². The fourth-order valence-electron chi connectivity index (χ4n) is 3.32. The van der Waals surface area contributed by atoms with Gasteiger partial charge in [0.2, 0.25) is 11.7 Å². The lowest BCUT2D eigenvalue weighted by Gasteiger charge is -2.18. The monoisotopic (exact) mass is 423 g/mol. The minimum Gasteiger partial charge on any atom is -0.342 e. The summed E-state index contributed by atoms with van der Waals surface area (Å²) in [6.45, 7) is 6.82. The Balaban J connectivity index is 1.72. The van der Waals surface area contributed by atoms with Gasteiger partial charge in [0, 0.05) is 18.7 Å². The second kappa shape index (κ2) is 8.19. The summed E-state index contributed by atoms with van der Waals surface area (Å²) >= 11 is 1.33. The second-order valence-electron chi connectivity index (χ2n) is 6.77. The average molecular weight is 423 g/mol. The number of carbonyl (C=O) groups is 1. The van der Waals surface area contributed by atoms with Crippen molar-refractivity contribution in [1.82, 2.24) is 24.6 Å². The van der Waals surface area contributed by atoms with E-state index in [0.717, 1.165) is 11.1 Å². The Morgan fingerprint density at radius 3 is 2.63 bits per heavy atom. The highest BCUT2D eigenvalue weighted by Gasteiger charge is 2.21. The van der Waals surface area contributed by atoms with Crippen molar-refractivity contribution in [2.24, 2.45) is 0 Å². The molecule has 9 heteroatoms. The third-order valence-electron chi connectivity index (χ3n) is 4.99. The summed E-state index contributed by atoms with van der Waals surface area (Å²) in [5.74, 6) is 0.720. The highest BCUT2D eigenvalue weighted by Crippen LogP contribution is 2.35. The van der Waals surface area contributed by atoms with Gasteiger partial charge in [-0.3, -0.25) is 14.2 Å². The van der Waals surface area contributed by atoms with Crippen LogP contribution in [-0.4, -0.2) is 43.6 Å². The van der Waals surface area contributed by atoms with E-state index in [1.807, 2.05) is 51.1 Å². The van der Waals surface area contributed by atoms with Crippen molar-refractivity contribution in [3.63, 3.8) is 0 Å². The number of benzene rings is 1. The first-order valence-corrected chi connectivity index (χ1v) is 10.5. The zero-order chi connectivity index (χ0) is 21.3. The molecule has 4 aromatic rings. The Morgan fingerprint density at radius 2 is 1.93 bits per heavy atom. The van der Waals surface area contributed by atoms with Gasteiger partial charge in [0.05, 0.1) is 16.6 Å². The van der Waals surface area contributed by atoms with Crippen LogP contribution in [0.25, 0.3) is 32.4 Å². The van der Waals surface area contributed by atoms with E-state index in [9.17, 15) is 9.59 Å². The predicted molar refractivity (Wildman–Crippen MR) is 115 cm³/mol. The first kappa shape index (κ1) is 20.0. The summed E-state index contributed by atoms with van der Waals surface area (Å²) in [5.41, 5.74) is 1.32. The van der Waals surface area contributed by atoms with Crippen LogP contribution >= 0.6 is 11.3 Å². The molecular weight excluding hydrogens is 402 g/mol. The molecule has 0 aliphatic carbocycles. The van der Waals surface area contributed by atoms with Crippen LogP contribution in [0.4, 0.5) is 0 Å².